The van der Waals surface area contributed by atoms with Crippen LogP contribution >= 0.6 is 11.6 Å². The Morgan fingerprint density at radius 3 is 3.07 bits per heavy atom. The first-order valence-corrected chi connectivity index (χ1v) is 6.17. The molecule has 2 bridgehead atoms. The molecule has 1 aromatic heterocycles. The first kappa shape index (κ1) is 9.46. The lowest BCUT2D eigenvalue weighted by atomic mass is 10.1. The third-order valence-electron chi connectivity index (χ3n) is 3.75. The summed E-state index contributed by atoms with van der Waals surface area (Å²) < 4.78 is 0. The lowest BCUT2D eigenvalue weighted by Gasteiger charge is -2.30. The van der Waals surface area contributed by atoms with Crippen molar-refractivity contribution in [1.82, 2.24) is 4.98 Å². The Hall–Kier alpha value is -0.760. The third-order valence-corrected chi connectivity index (χ3v) is 4.04. The third kappa shape index (κ3) is 1.51. The van der Waals surface area contributed by atoms with Gasteiger partial charge in [-0.3, -0.25) is 4.98 Å². The molecular weight excluding hydrogens is 208 g/mol. The van der Waals surface area contributed by atoms with Crippen molar-refractivity contribution >= 4 is 17.3 Å². The van der Waals surface area contributed by atoms with Gasteiger partial charge in [0.05, 0.1) is 11.9 Å². The quantitative estimate of drug-likeness (QED) is 0.716. The molecule has 0 radical (unpaired) electrons. The maximum Gasteiger partial charge on any atom is 0.0600 e. The van der Waals surface area contributed by atoms with E-state index in [1.165, 1.54) is 37.1 Å². The summed E-state index contributed by atoms with van der Waals surface area (Å²) in [5.41, 5.74) is 2.49. The van der Waals surface area contributed by atoms with Gasteiger partial charge in [0.2, 0.25) is 0 Å². The van der Waals surface area contributed by atoms with Crippen molar-refractivity contribution in [3.63, 3.8) is 0 Å². The van der Waals surface area contributed by atoms with E-state index < -0.39 is 0 Å². The Balaban J connectivity index is 1.92. The molecule has 0 aromatic carbocycles. The molecule has 0 N–H and O–H groups in total. The highest BCUT2D eigenvalue weighted by molar-refractivity contribution is 6.17. The second-order valence-corrected chi connectivity index (χ2v) is 4.89. The summed E-state index contributed by atoms with van der Waals surface area (Å²) in [5.74, 6) is 1.50. The maximum atomic E-state index is 5.96. The molecule has 2 aliphatic rings. The number of anilines is 1. The fraction of sp³-hybridized carbons (Fsp3) is 0.583. The fourth-order valence-corrected chi connectivity index (χ4v) is 3.23. The Labute approximate surface area is 95.3 Å². The van der Waals surface area contributed by atoms with E-state index in [1.807, 2.05) is 18.5 Å². The smallest absolute Gasteiger partial charge is 0.0600 e. The standard InChI is InChI=1S/C12H15ClN2/c13-6-10-3-4-14-7-12(10)15-8-9-1-2-11(15)5-9/h3-4,7,9,11H,1-2,5-6,8H2. The number of alkyl halides is 1. The molecule has 2 unspecified atom stereocenters. The Morgan fingerprint density at radius 2 is 2.40 bits per heavy atom. The molecule has 0 spiro atoms. The van der Waals surface area contributed by atoms with Gasteiger partial charge in [0.15, 0.2) is 0 Å². The van der Waals surface area contributed by atoms with Gasteiger partial charge in [-0.2, -0.15) is 0 Å². The Bertz CT molecular complexity index is 366. The van der Waals surface area contributed by atoms with Crippen molar-refractivity contribution in [2.24, 2.45) is 5.92 Å². The van der Waals surface area contributed by atoms with Crippen molar-refractivity contribution in [3.8, 4) is 0 Å². The minimum atomic E-state index is 0.589. The number of halogens is 1. The molecule has 2 fully saturated rings. The van der Waals surface area contributed by atoms with Crippen LogP contribution in [0.4, 0.5) is 5.69 Å². The van der Waals surface area contributed by atoms with Gasteiger partial charge in [-0.1, -0.05) is 0 Å². The topological polar surface area (TPSA) is 16.1 Å². The van der Waals surface area contributed by atoms with Crippen molar-refractivity contribution in [1.29, 1.82) is 0 Å². The van der Waals surface area contributed by atoms with Crippen molar-refractivity contribution < 1.29 is 0 Å². The summed E-state index contributed by atoms with van der Waals surface area (Å²) >= 11 is 5.96. The van der Waals surface area contributed by atoms with Crippen LogP contribution in [0, 0.1) is 5.92 Å². The number of aromatic nitrogens is 1. The summed E-state index contributed by atoms with van der Waals surface area (Å²) in [6.07, 6.45) is 7.93. The summed E-state index contributed by atoms with van der Waals surface area (Å²) in [5, 5.41) is 0. The van der Waals surface area contributed by atoms with Gasteiger partial charge in [0, 0.05) is 24.7 Å². The molecule has 2 heterocycles. The molecule has 15 heavy (non-hydrogen) atoms. The van der Waals surface area contributed by atoms with E-state index in [0.29, 0.717) is 5.88 Å². The number of hydrogen-bond acceptors (Lipinski definition) is 2. The molecule has 0 amide bonds. The molecule has 2 atom stereocenters. The fourth-order valence-electron chi connectivity index (χ4n) is 3.01. The molecule has 1 aliphatic carbocycles. The van der Waals surface area contributed by atoms with Crippen LogP contribution in [-0.4, -0.2) is 17.6 Å². The van der Waals surface area contributed by atoms with Gasteiger partial charge in [-0.25, -0.2) is 0 Å². The number of fused-ring (bicyclic) bond motifs is 2. The van der Waals surface area contributed by atoms with E-state index in [1.54, 1.807) is 0 Å². The molecular formula is C12H15ClN2. The lowest BCUT2D eigenvalue weighted by molar-refractivity contribution is 0.552. The first-order chi connectivity index (χ1) is 7.38. The molecule has 1 saturated heterocycles. The Morgan fingerprint density at radius 1 is 1.47 bits per heavy atom. The van der Waals surface area contributed by atoms with Crippen LogP contribution in [0.25, 0.3) is 0 Å². The summed E-state index contributed by atoms with van der Waals surface area (Å²) in [7, 11) is 0. The Kier molecular flexibility index (Phi) is 2.32. The normalized spacial score (nSPS) is 28.7. The van der Waals surface area contributed by atoms with Crippen LogP contribution in [-0.2, 0) is 5.88 Å². The van der Waals surface area contributed by atoms with Crippen LogP contribution in [0.3, 0.4) is 0 Å². The average Bonchev–Trinajstić information content (AvgIpc) is 2.90. The minimum Gasteiger partial charge on any atom is -0.367 e. The number of piperidine rings is 1. The van der Waals surface area contributed by atoms with Crippen molar-refractivity contribution in [3.05, 3.63) is 24.0 Å². The molecule has 1 aliphatic heterocycles. The number of rotatable bonds is 2. The molecule has 80 valence electrons. The number of pyridine rings is 1. The van der Waals surface area contributed by atoms with Gasteiger partial charge in [0.1, 0.15) is 0 Å². The predicted molar refractivity (Wildman–Crippen MR) is 62.3 cm³/mol. The van der Waals surface area contributed by atoms with E-state index in [-0.39, 0.29) is 0 Å². The van der Waals surface area contributed by atoms with E-state index in [9.17, 15) is 0 Å². The zero-order valence-corrected chi connectivity index (χ0v) is 9.45. The van der Waals surface area contributed by atoms with Crippen molar-refractivity contribution in [2.75, 3.05) is 11.4 Å². The highest BCUT2D eigenvalue weighted by Gasteiger charge is 2.38. The average molecular weight is 223 g/mol. The molecule has 3 rings (SSSR count). The van der Waals surface area contributed by atoms with Crippen LogP contribution in [0.15, 0.2) is 18.5 Å². The monoisotopic (exact) mass is 222 g/mol. The maximum absolute atomic E-state index is 5.96. The van der Waals surface area contributed by atoms with Gasteiger partial charge in [-0.05, 0) is 36.8 Å². The predicted octanol–water partition coefficient (Wildman–Crippen LogP) is 2.81. The van der Waals surface area contributed by atoms with Crippen LogP contribution in [0.5, 0.6) is 0 Å². The van der Waals surface area contributed by atoms with Gasteiger partial charge in [0.25, 0.3) is 0 Å². The van der Waals surface area contributed by atoms with E-state index in [0.717, 1.165) is 12.0 Å². The second-order valence-electron chi connectivity index (χ2n) is 4.62. The van der Waals surface area contributed by atoms with Crippen LogP contribution in [0.1, 0.15) is 24.8 Å². The van der Waals surface area contributed by atoms with Crippen molar-refractivity contribution in [2.45, 2.75) is 31.2 Å². The number of hydrogen-bond donors (Lipinski definition) is 0. The summed E-state index contributed by atoms with van der Waals surface area (Å²) in [6.45, 7) is 1.21. The number of nitrogens with zero attached hydrogens (tertiary/aromatic N) is 2. The second kappa shape index (κ2) is 3.67. The molecule has 3 heteroatoms. The van der Waals surface area contributed by atoms with Crippen LogP contribution in [0.2, 0.25) is 0 Å². The van der Waals surface area contributed by atoms with Gasteiger partial charge < -0.3 is 4.90 Å². The van der Waals surface area contributed by atoms with Gasteiger partial charge in [-0.15, -0.1) is 11.6 Å². The zero-order chi connectivity index (χ0) is 10.3. The molecule has 1 saturated carbocycles. The highest BCUT2D eigenvalue weighted by atomic mass is 35.5. The van der Waals surface area contributed by atoms with Crippen LogP contribution < -0.4 is 4.90 Å². The first-order valence-electron chi connectivity index (χ1n) is 5.64. The van der Waals surface area contributed by atoms with E-state index >= 15 is 0 Å². The van der Waals surface area contributed by atoms with Gasteiger partial charge >= 0.3 is 0 Å². The minimum absolute atomic E-state index is 0.589. The van der Waals surface area contributed by atoms with E-state index in [2.05, 4.69) is 9.88 Å². The molecule has 2 nitrogen and oxygen atoms in total. The SMILES string of the molecule is ClCc1ccncc1N1CC2CCC1C2. The largest absolute Gasteiger partial charge is 0.367 e. The van der Waals surface area contributed by atoms with E-state index in [4.69, 9.17) is 11.6 Å². The highest BCUT2D eigenvalue weighted by Crippen LogP contribution is 2.41. The summed E-state index contributed by atoms with van der Waals surface area (Å²) in [4.78, 5) is 6.73. The molecule has 1 aromatic rings. The lowest BCUT2D eigenvalue weighted by Crippen LogP contribution is -2.32. The summed E-state index contributed by atoms with van der Waals surface area (Å²) in [6, 6.07) is 2.79. The zero-order valence-electron chi connectivity index (χ0n) is 8.69.